The van der Waals surface area contributed by atoms with Gasteiger partial charge in [-0.15, -0.1) is 0 Å². The molecule has 2 fully saturated rings. The largest absolute Gasteiger partial charge is 0.326 e. The number of benzene rings is 2. The fraction of sp³-hybridized carbons (Fsp3) is 0.417. The molecular weight excluding hydrogens is 412 g/mol. The SMILES string of the molecule is CCN1CC[C@@]2(C(=O)Nc3ccccc3)CCN(C(=O)Nc3cccc(Cl)c3)CC[C@@H]12. The minimum Gasteiger partial charge on any atom is -0.326 e. The topological polar surface area (TPSA) is 64.7 Å². The highest BCUT2D eigenvalue weighted by Gasteiger charge is 2.53. The van der Waals surface area contributed by atoms with Crippen molar-refractivity contribution in [3.63, 3.8) is 0 Å². The summed E-state index contributed by atoms with van der Waals surface area (Å²) in [7, 11) is 0. The molecule has 2 aliphatic heterocycles. The molecule has 2 atom stereocenters. The third kappa shape index (κ3) is 4.55. The van der Waals surface area contributed by atoms with Crippen LogP contribution in [0, 0.1) is 5.41 Å². The summed E-state index contributed by atoms with van der Waals surface area (Å²) >= 11 is 6.04. The standard InChI is InChI=1S/C24H29ClN4O2/c1-2-28-15-12-24(22(30)26-19-8-4-3-5-9-19)13-16-29(14-11-21(24)28)23(31)27-20-10-6-7-18(25)17-20/h3-10,17,21H,2,11-16H2,1H3,(H,26,30)(H,27,31)/t21-,24-/m1/s1. The van der Waals surface area contributed by atoms with Crippen LogP contribution >= 0.6 is 11.6 Å². The van der Waals surface area contributed by atoms with E-state index in [1.54, 1.807) is 12.1 Å². The van der Waals surface area contributed by atoms with E-state index in [0.717, 1.165) is 31.6 Å². The molecule has 2 aromatic rings. The molecule has 0 bridgehead atoms. The van der Waals surface area contributed by atoms with Crippen LogP contribution in [0.25, 0.3) is 0 Å². The van der Waals surface area contributed by atoms with Crippen molar-refractivity contribution in [2.45, 2.75) is 32.2 Å². The molecule has 0 aromatic heterocycles. The van der Waals surface area contributed by atoms with E-state index < -0.39 is 5.41 Å². The van der Waals surface area contributed by atoms with Crippen molar-refractivity contribution in [2.24, 2.45) is 5.41 Å². The Morgan fingerprint density at radius 2 is 1.74 bits per heavy atom. The summed E-state index contributed by atoms with van der Waals surface area (Å²) in [5, 5.41) is 6.66. The highest BCUT2D eigenvalue weighted by Crippen LogP contribution is 2.44. The summed E-state index contributed by atoms with van der Waals surface area (Å²) in [6, 6.07) is 16.7. The molecule has 3 amide bonds. The van der Waals surface area contributed by atoms with Gasteiger partial charge in [-0.1, -0.05) is 42.8 Å². The van der Waals surface area contributed by atoms with Gasteiger partial charge >= 0.3 is 6.03 Å². The lowest BCUT2D eigenvalue weighted by Gasteiger charge is -2.35. The molecule has 0 radical (unpaired) electrons. The van der Waals surface area contributed by atoms with Gasteiger partial charge in [-0.2, -0.15) is 0 Å². The molecule has 2 N–H and O–H groups in total. The fourth-order valence-corrected chi connectivity index (χ4v) is 5.19. The van der Waals surface area contributed by atoms with Crippen LogP contribution in [0.4, 0.5) is 16.2 Å². The van der Waals surface area contributed by atoms with Crippen molar-refractivity contribution >= 4 is 34.9 Å². The number of nitrogens with one attached hydrogen (secondary N) is 2. The maximum absolute atomic E-state index is 13.5. The van der Waals surface area contributed by atoms with Gasteiger partial charge in [-0.05, 0) is 62.7 Å². The van der Waals surface area contributed by atoms with Crippen molar-refractivity contribution in [1.82, 2.24) is 9.80 Å². The van der Waals surface area contributed by atoms with Gasteiger partial charge in [0, 0.05) is 35.5 Å². The van der Waals surface area contributed by atoms with E-state index in [4.69, 9.17) is 11.6 Å². The number of halogens is 1. The molecule has 7 heteroatoms. The first kappa shape index (κ1) is 21.7. The van der Waals surface area contributed by atoms with E-state index in [-0.39, 0.29) is 18.0 Å². The van der Waals surface area contributed by atoms with Crippen molar-refractivity contribution in [3.8, 4) is 0 Å². The number of hydrogen-bond acceptors (Lipinski definition) is 3. The van der Waals surface area contributed by atoms with E-state index >= 15 is 0 Å². The number of carbonyl (C=O) groups excluding carboxylic acids is 2. The Labute approximate surface area is 188 Å². The maximum atomic E-state index is 13.5. The normalized spacial score (nSPS) is 23.7. The summed E-state index contributed by atoms with van der Waals surface area (Å²) in [4.78, 5) is 30.7. The van der Waals surface area contributed by atoms with Crippen molar-refractivity contribution in [1.29, 1.82) is 0 Å². The molecule has 0 aliphatic carbocycles. The Bertz CT molecular complexity index is 938. The second-order valence-electron chi connectivity index (χ2n) is 8.34. The Morgan fingerprint density at radius 3 is 2.48 bits per heavy atom. The van der Waals surface area contributed by atoms with Gasteiger partial charge < -0.3 is 15.5 Å². The number of fused-ring (bicyclic) bond motifs is 1. The Balaban J connectivity index is 1.51. The number of para-hydroxylation sites is 1. The van der Waals surface area contributed by atoms with E-state index in [1.165, 1.54) is 0 Å². The molecule has 0 saturated carbocycles. The van der Waals surface area contributed by atoms with Gasteiger partial charge in [0.15, 0.2) is 0 Å². The van der Waals surface area contributed by atoms with E-state index in [2.05, 4.69) is 22.5 Å². The Morgan fingerprint density at radius 1 is 1.00 bits per heavy atom. The number of urea groups is 1. The molecule has 2 aromatic carbocycles. The van der Waals surface area contributed by atoms with Crippen LogP contribution < -0.4 is 10.6 Å². The first-order valence-electron chi connectivity index (χ1n) is 10.9. The van der Waals surface area contributed by atoms with Gasteiger partial charge in [-0.25, -0.2) is 4.79 Å². The summed E-state index contributed by atoms with van der Waals surface area (Å²) in [6.45, 7) is 5.12. The highest BCUT2D eigenvalue weighted by atomic mass is 35.5. The van der Waals surface area contributed by atoms with Crippen LogP contribution in [-0.2, 0) is 4.79 Å². The van der Waals surface area contributed by atoms with Crippen LogP contribution in [-0.4, -0.2) is 54.0 Å². The molecule has 0 spiro atoms. The first-order chi connectivity index (χ1) is 15.0. The maximum Gasteiger partial charge on any atom is 0.321 e. The monoisotopic (exact) mass is 440 g/mol. The number of hydrogen-bond donors (Lipinski definition) is 2. The molecule has 2 heterocycles. The molecule has 6 nitrogen and oxygen atoms in total. The summed E-state index contributed by atoms with van der Waals surface area (Å²) in [5.41, 5.74) is 1.00. The van der Waals surface area contributed by atoms with Crippen LogP contribution in [0.2, 0.25) is 5.02 Å². The Hall–Kier alpha value is -2.57. The summed E-state index contributed by atoms with van der Waals surface area (Å²) in [6.07, 6.45) is 2.24. The lowest BCUT2D eigenvalue weighted by atomic mass is 9.75. The molecule has 31 heavy (non-hydrogen) atoms. The average molecular weight is 441 g/mol. The number of anilines is 2. The molecule has 2 saturated heterocycles. The summed E-state index contributed by atoms with van der Waals surface area (Å²) in [5.74, 6) is 0.0664. The zero-order chi connectivity index (χ0) is 21.8. The molecular formula is C24H29ClN4O2. The van der Waals surface area contributed by atoms with Crippen molar-refractivity contribution in [3.05, 3.63) is 59.6 Å². The predicted octanol–water partition coefficient (Wildman–Crippen LogP) is 4.69. The van der Waals surface area contributed by atoms with Gasteiger partial charge in [0.05, 0.1) is 5.41 Å². The number of likely N-dealkylation sites (tertiary alicyclic amines) is 2. The zero-order valence-corrected chi connectivity index (χ0v) is 18.6. The van der Waals surface area contributed by atoms with Crippen LogP contribution in [0.1, 0.15) is 26.2 Å². The van der Waals surface area contributed by atoms with Gasteiger partial charge in [-0.3, -0.25) is 9.69 Å². The second kappa shape index (κ2) is 9.28. The fourth-order valence-electron chi connectivity index (χ4n) is 5.00. The third-order valence-corrected chi connectivity index (χ3v) is 6.91. The summed E-state index contributed by atoms with van der Waals surface area (Å²) < 4.78 is 0. The quantitative estimate of drug-likeness (QED) is 0.725. The van der Waals surface area contributed by atoms with E-state index in [9.17, 15) is 9.59 Å². The van der Waals surface area contributed by atoms with Gasteiger partial charge in [0.2, 0.25) is 5.91 Å². The lowest BCUT2D eigenvalue weighted by molar-refractivity contribution is -0.127. The molecule has 4 rings (SSSR count). The van der Waals surface area contributed by atoms with Crippen LogP contribution in [0.15, 0.2) is 54.6 Å². The minimum atomic E-state index is -0.489. The average Bonchev–Trinajstić information content (AvgIpc) is 3.01. The predicted molar refractivity (Wildman–Crippen MR) is 124 cm³/mol. The van der Waals surface area contributed by atoms with Crippen molar-refractivity contribution in [2.75, 3.05) is 36.8 Å². The minimum absolute atomic E-state index is 0.0664. The van der Waals surface area contributed by atoms with E-state index in [0.29, 0.717) is 30.2 Å². The number of carbonyl (C=O) groups is 2. The zero-order valence-electron chi connectivity index (χ0n) is 17.8. The molecule has 164 valence electrons. The number of rotatable bonds is 4. The van der Waals surface area contributed by atoms with Crippen LogP contribution in [0.3, 0.4) is 0 Å². The number of amides is 3. The third-order valence-electron chi connectivity index (χ3n) is 6.68. The smallest absolute Gasteiger partial charge is 0.321 e. The first-order valence-corrected chi connectivity index (χ1v) is 11.3. The van der Waals surface area contributed by atoms with Crippen molar-refractivity contribution < 1.29 is 9.59 Å². The lowest BCUT2D eigenvalue weighted by Crippen LogP contribution is -2.47. The van der Waals surface area contributed by atoms with Gasteiger partial charge in [0.25, 0.3) is 0 Å². The second-order valence-corrected chi connectivity index (χ2v) is 8.77. The number of nitrogens with zero attached hydrogens (tertiary/aromatic N) is 2. The molecule has 0 unspecified atom stereocenters. The molecule has 2 aliphatic rings. The highest BCUT2D eigenvalue weighted by molar-refractivity contribution is 6.30. The van der Waals surface area contributed by atoms with Crippen LogP contribution in [0.5, 0.6) is 0 Å². The Kier molecular flexibility index (Phi) is 6.49. The van der Waals surface area contributed by atoms with E-state index in [1.807, 2.05) is 47.4 Å². The van der Waals surface area contributed by atoms with Gasteiger partial charge in [0.1, 0.15) is 0 Å².